The number of benzene rings is 3. The van der Waals surface area contributed by atoms with Crippen molar-refractivity contribution in [2.75, 3.05) is 18.6 Å². The molecule has 0 spiro atoms. The molecule has 11 heteroatoms. The van der Waals surface area contributed by atoms with E-state index >= 15 is 0 Å². The van der Waals surface area contributed by atoms with Crippen LogP contribution in [-0.2, 0) is 26.1 Å². The largest absolute Gasteiger partial charge is 0.508 e. The highest BCUT2D eigenvalue weighted by Crippen LogP contribution is 2.34. The van der Waals surface area contributed by atoms with E-state index in [4.69, 9.17) is 27.9 Å². The highest BCUT2D eigenvalue weighted by Gasteiger charge is 2.42. The Morgan fingerprint density at radius 3 is 2.40 bits per heavy atom. The van der Waals surface area contributed by atoms with Crippen molar-refractivity contribution in [3.63, 3.8) is 0 Å². The zero-order valence-corrected chi connectivity index (χ0v) is 20.7. The third-order valence-electron chi connectivity index (χ3n) is 5.63. The van der Waals surface area contributed by atoms with Gasteiger partial charge in [0.15, 0.2) is 0 Å². The molecule has 0 bridgehead atoms. The Balaban J connectivity index is 1.86. The molecule has 0 radical (unpaired) electrons. The predicted molar refractivity (Wildman–Crippen MR) is 131 cm³/mol. The lowest BCUT2D eigenvalue weighted by molar-refractivity contribution is -0.144. The third kappa shape index (κ3) is 4.85. The first-order valence-electron chi connectivity index (χ1n) is 10.4. The number of rotatable bonds is 4. The molecule has 8 nitrogen and oxygen atoms in total. The van der Waals surface area contributed by atoms with Gasteiger partial charge in [0.2, 0.25) is 10.0 Å². The minimum absolute atomic E-state index is 0.104. The van der Waals surface area contributed by atoms with Crippen molar-refractivity contribution < 1.29 is 27.9 Å². The molecule has 0 aliphatic carbocycles. The van der Waals surface area contributed by atoms with Crippen LogP contribution in [-0.4, -0.2) is 49.4 Å². The maximum absolute atomic E-state index is 13.6. The number of esters is 1. The zero-order valence-electron chi connectivity index (χ0n) is 18.4. The number of phenols is 1. The van der Waals surface area contributed by atoms with Gasteiger partial charge in [-0.1, -0.05) is 41.4 Å². The molecule has 35 heavy (non-hydrogen) atoms. The molecular formula is C24H20Cl2N2O6S. The average Bonchev–Trinajstić information content (AvgIpc) is 3.03. The van der Waals surface area contributed by atoms with E-state index in [9.17, 15) is 23.1 Å². The number of amides is 1. The first-order valence-corrected chi connectivity index (χ1v) is 12.6. The van der Waals surface area contributed by atoms with E-state index in [1.54, 1.807) is 30.3 Å². The van der Waals surface area contributed by atoms with Crippen molar-refractivity contribution in [1.29, 1.82) is 0 Å². The van der Waals surface area contributed by atoms with Gasteiger partial charge >= 0.3 is 5.97 Å². The van der Waals surface area contributed by atoms with Crippen LogP contribution in [0.4, 0.5) is 5.69 Å². The predicted octanol–water partition coefficient (Wildman–Crippen LogP) is 4.09. The first kappa shape index (κ1) is 25.0. The Morgan fingerprint density at radius 2 is 1.71 bits per heavy atom. The number of carbonyl (C=O) groups is 2. The van der Waals surface area contributed by atoms with Gasteiger partial charge in [0.05, 0.1) is 29.1 Å². The minimum atomic E-state index is -4.24. The lowest BCUT2D eigenvalue weighted by atomic mass is 10.1. The second-order valence-electron chi connectivity index (χ2n) is 7.75. The fourth-order valence-corrected chi connectivity index (χ4v) is 5.80. The molecule has 1 heterocycles. The fraction of sp³-hybridized carbons (Fsp3) is 0.167. The van der Waals surface area contributed by atoms with Crippen LogP contribution in [0, 0.1) is 0 Å². The van der Waals surface area contributed by atoms with Crippen LogP contribution in [0.3, 0.4) is 0 Å². The summed E-state index contributed by atoms with van der Waals surface area (Å²) in [5.41, 5.74) is 1.02. The quantitative estimate of drug-likeness (QED) is 0.505. The second kappa shape index (κ2) is 9.87. The van der Waals surface area contributed by atoms with E-state index in [1.807, 2.05) is 0 Å². The molecule has 1 amide bonds. The Morgan fingerprint density at radius 1 is 1.03 bits per heavy atom. The summed E-state index contributed by atoms with van der Waals surface area (Å²) in [6.45, 7) is -0.533. The molecule has 0 saturated carbocycles. The van der Waals surface area contributed by atoms with Gasteiger partial charge < -0.3 is 14.7 Å². The minimum Gasteiger partial charge on any atom is -0.508 e. The molecule has 0 saturated heterocycles. The maximum Gasteiger partial charge on any atom is 0.326 e. The lowest BCUT2D eigenvalue weighted by Crippen LogP contribution is -2.50. The van der Waals surface area contributed by atoms with Crippen LogP contribution >= 0.6 is 23.2 Å². The number of anilines is 1. The Labute approximate surface area is 212 Å². The van der Waals surface area contributed by atoms with Crippen molar-refractivity contribution in [1.82, 2.24) is 4.31 Å². The summed E-state index contributed by atoms with van der Waals surface area (Å²) in [6.07, 6.45) is 0. The first-order chi connectivity index (χ1) is 16.6. The molecule has 1 N–H and O–H groups in total. The molecular weight excluding hydrogens is 515 g/mol. The topological polar surface area (TPSA) is 104 Å². The smallest absolute Gasteiger partial charge is 0.326 e. The van der Waals surface area contributed by atoms with E-state index in [0.717, 1.165) is 11.4 Å². The summed E-state index contributed by atoms with van der Waals surface area (Å²) < 4.78 is 33.2. The van der Waals surface area contributed by atoms with Gasteiger partial charge in [0.25, 0.3) is 5.91 Å². The molecule has 0 aromatic heterocycles. The summed E-state index contributed by atoms with van der Waals surface area (Å²) in [6, 6.07) is 14.8. The number of methoxy groups -OCH3 is 1. The number of halogens is 2. The number of phenolic OH excluding ortho intramolecular Hbond substituents is 1. The normalized spacial score (nSPS) is 16.3. The summed E-state index contributed by atoms with van der Waals surface area (Å²) in [5, 5.41) is 10.0. The number of nitrogens with zero attached hydrogens (tertiary/aromatic N) is 2. The maximum atomic E-state index is 13.6. The number of hydrogen-bond donors (Lipinski definition) is 1. The highest BCUT2D eigenvalue weighted by molar-refractivity contribution is 7.89. The molecule has 1 aliphatic rings. The van der Waals surface area contributed by atoms with Crippen LogP contribution < -0.4 is 4.90 Å². The van der Waals surface area contributed by atoms with Crippen LogP contribution in [0.5, 0.6) is 5.75 Å². The monoisotopic (exact) mass is 534 g/mol. The Bertz CT molecular complexity index is 1400. The van der Waals surface area contributed by atoms with Gasteiger partial charge in [0.1, 0.15) is 11.8 Å². The van der Waals surface area contributed by atoms with E-state index in [2.05, 4.69) is 0 Å². The SMILES string of the molecule is COC(=O)C1CN(C(=O)c2cc(Cl)ccc2Cl)c2ccccc2CN1S(=O)(=O)c1ccc(O)cc1. The van der Waals surface area contributed by atoms with Crippen molar-refractivity contribution in [2.24, 2.45) is 0 Å². The molecule has 4 rings (SSSR count). The number of fused-ring (bicyclic) bond motifs is 1. The van der Waals surface area contributed by atoms with Gasteiger partial charge in [-0.05, 0) is 54.1 Å². The van der Waals surface area contributed by atoms with Gasteiger partial charge in [-0.25, -0.2) is 8.42 Å². The zero-order chi connectivity index (χ0) is 25.3. The third-order valence-corrected chi connectivity index (χ3v) is 8.07. The number of para-hydroxylation sites is 1. The van der Waals surface area contributed by atoms with Crippen molar-refractivity contribution >= 4 is 50.8 Å². The van der Waals surface area contributed by atoms with Crippen LogP contribution in [0.15, 0.2) is 71.6 Å². The molecule has 0 fully saturated rings. The van der Waals surface area contributed by atoms with Gasteiger partial charge in [-0.2, -0.15) is 4.31 Å². The van der Waals surface area contributed by atoms with Crippen molar-refractivity contribution in [3.05, 3.63) is 87.9 Å². The highest BCUT2D eigenvalue weighted by atomic mass is 35.5. The number of ether oxygens (including phenoxy) is 1. The number of sulfonamides is 1. The van der Waals surface area contributed by atoms with Crippen LogP contribution in [0.1, 0.15) is 15.9 Å². The summed E-state index contributed by atoms with van der Waals surface area (Å²) in [4.78, 5) is 27.7. The van der Waals surface area contributed by atoms with Crippen LogP contribution in [0.2, 0.25) is 10.0 Å². The van der Waals surface area contributed by atoms with E-state index in [-0.39, 0.29) is 34.3 Å². The molecule has 1 unspecified atom stereocenters. The average molecular weight is 535 g/mol. The fourth-order valence-electron chi connectivity index (χ4n) is 3.88. The summed E-state index contributed by atoms with van der Waals surface area (Å²) >= 11 is 12.4. The lowest BCUT2D eigenvalue weighted by Gasteiger charge is -2.29. The number of aromatic hydroxyl groups is 1. The second-order valence-corrected chi connectivity index (χ2v) is 10.5. The molecule has 1 aliphatic heterocycles. The van der Waals surface area contributed by atoms with E-state index in [0.29, 0.717) is 16.3 Å². The van der Waals surface area contributed by atoms with Gasteiger partial charge in [0, 0.05) is 17.3 Å². The molecule has 3 aromatic rings. The van der Waals surface area contributed by atoms with E-state index < -0.39 is 27.9 Å². The molecule has 3 aromatic carbocycles. The van der Waals surface area contributed by atoms with Crippen LogP contribution in [0.25, 0.3) is 0 Å². The van der Waals surface area contributed by atoms with Crippen molar-refractivity contribution in [2.45, 2.75) is 17.5 Å². The summed E-state index contributed by atoms with van der Waals surface area (Å²) in [5.74, 6) is -1.50. The Kier molecular flexibility index (Phi) is 7.05. The van der Waals surface area contributed by atoms with E-state index in [1.165, 1.54) is 41.3 Å². The van der Waals surface area contributed by atoms with Gasteiger partial charge in [-0.3, -0.25) is 9.59 Å². The number of hydrogen-bond acceptors (Lipinski definition) is 6. The Hall–Kier alpha value is -3.11. The van der Waals surface area contributed by atoms with Crippen molar-refractivity contribution in [3.8, 4) is 5.75 Å². The molecule has 1 atom stereocenters. The molecule has 182 valence electrons. The van der Waals surface area contributed by atoms with Gasteiger partial charge in [-0.15, -0.1) is 0 Å². The standard InChI is InChI=1S/C24H20Cl2N2O6S/c1-34-24(31)22-14-27(23(30)19-12-16(25)6-11-20(19)26)21-5-3-2-4-15(21)13-28(22)35(32,33)18-9-7-17(29)8-10-18/h2-12,22,29H,13-14H2,1H3. The summed E-state index contributed by atoms with van der Waals surface area (Å²) in [7, 11) is -3.10. The number of carbonyl (C=O) groups excluding carboxylic acids is 2.